The first-order valence-corrected chi connectivity index (χ1v) is 12.8. The molecule has 0 atom stereocenters. The van der Waals surface area contributed by atoms with Crippen LogP contribution in [0, 0.1) is 6.92 Å². The summed E-state index contributed by atoms with van der Waals surface area (Å²) in [5, 5.41) is 9.76. The minimum atomic E-state index is -0.291. The highest BCUT2D eigenvalue weighted by Gasteiger charge is 2.16. The highest BCUT2D eigenvalue weighted by Crippen LogP contribution is 2.31. The van der Waals surface area contributed by atoms with Crippen LogP contribution in [-0.2, 0) is 0 Å². The Labute approximate surface area is 226 Å². The van der Waals surface area contributed by atoms with Gasteiger partial charge in [0.2, 0.25) is 5.88 Å². The lowest BCUT2D eigenvalue weighted by Gasteiger charge is -2.18. The van der Waals surface area contributed by atoms with Crippen molar-refractivity contribution in [3.05, 3.63) is 83.4 Å². The van der Waals surface area contributed by atoms with Gasteiger partial charge in [-0.25, -0.2) is 4.98 Å². The van der Waals surface area contributed by atoms with E-state index >= 15 is 0 Å². The second-order valence-electron chi connectivity index (χ2n) is 9.16. The fraction of sp³-hybridized carbons (Fsp3) is 0.233. The number of aryl methyl sites for hydroxylation is 1. The van der Waals surface area contributed by atoms with Gasteiger partial charge >= 0.3 is 0 Å². The Balaban J connectivity index is 1.26. The average Bonchev–Trinajstić information content (AvgIpc) is 2.96. The van der Waals surface area contributed by atoms with Crippen molar-refractivity contribution in [2.24, 2.45) is 0 Å². The van der Waals surface area contributed by atoms with Crippen LogP contribution >= 0.6 is 0 Å². The largest absolute Gasteiger partial charge is 0.486 e. The molecular formula is C30H30N4O5. The van der Waals surface area contributed by atoms with Gasteiger partial charge in [-0.1, -0.05) is 6.07 Å². The Hall–Kier alpha value is -4.63. The summed E-state index contributed by atoms with van der Waals surface area (Å²) >= 11 is 0. The number of nitrogens with one attached hydrogen (secondary N) is 3. The topological polar surface area (TPSA) is 111 Å². The van der Waals surface area contributed by atoms with E-state index in [1.54, 1.807) is 48.5 Å². The van der Waals surface area contributed by atoms with E-state index in [-0.39, 0.29) is 11.8 Å². The van der Waals surface area contributed by atoms with Gasteiger partial charge in [-0.05, 0) is 87.1 Å². The molecular weight excluding hydrogens is 496 g/mol. The monoisotopic (exact) mass is 526 g/mol. The first-order chi connectivity index (χ1) is 19.0. The number of benzene rings is 3. The van der Waals surface area contributed by atoms with E-state index < -0.39 is 0 Å². The average molecular weight is 527 g/mol. The third-order valence-electron chi connectivity index (χ3n) is 6.29. The summed E-state index contributed by atoms with van der Waals surface area (Å²) in [6.45, 7) is 4.28. The Morgan fingerprint density at radius 2 is 1.64 bits per heavy atom. The van der Waals surface area contributed by atoms with Crippen LogP contribution in [0.2, 0.25) is 0 Å². The number of anilines is 2. The van der Waals surface area contributed by atoms with Crippen molar-refractivity contribution in [2.45, 2.75) is 13.3 Å². The number of pyridine rings is 1. The maximum Gasteiger partial charge on any atom is 0.255 e. The molecule has 0 spiro atoms. The predicted molar refractivity (Wildman–Crippen MR) is 150 cm³/mol. The first-order valence-electron chi connectivity index (χ1n) is 12.8. The van der Waals surface area contributed by atoms with Crippen LogP contribution in [0.1, 0.15) is 32.7 Å². The Bertz CT molecular complexity index is 1520. The molecule has 0 saturated heterocycles. The fourth-order valence-corrected chi connectivity index (χ4v) is 4.17. The normalized spacial score (nSPS) is 12.2. The molecule has 9 nitrogen and oxygen atoms in total. The SMILES string of the molecule is CNCCCOc1ccc2cc(C(=O)Nc3cc(NC(=O)c4ccc5c(c4)OCCO5)ccc3C)ccc2n1. The molecule has 0 unspecified atom stereocenters. The number of amides is 2. The second kappa shape index (κ2) is 11.8. The Morgan fingerprint density at radius 3 is 2.49 bits per heavy atom. The molecule has 4 aromatic rings. The smallest absolute Gasteiger partial charge is 0.255 e. The molecule has 2 amide bonds. The van der Waals surface area contributed by atoms with Crippen LogP contribution in [0.15, 0.2) is 66.7 Å². The number of hydrogen-bond acceptors (Lipinski definition) is 7. The molecule has 2 heterocycles. The van der Waals surface area contributed by atoms with E-state index in [0.29, 0.717) is 59.7 Å². The number of ether oxygens (including phenoxy) is 3. The van der Waals surface area contributed by atoms with Crippen LogP contribution in [0.3, 0.4) is 0 Å². The van der Waals surface area contributed by atoms with Crippen molar-refractivity contribution in [1.29, 1.82) is 0 Å². The maximum atomic E-state index is 13.1. The van der Waals surface area contributed by atoms with Gasteiger partial charge < -0.3 is 30.2 Å². The van der Waals surface area contributed by atoms with Gasteiger partial charge in [-0.2, -0.15) is 0 Å². The van der Waals surface area contributed by atoms with Crippen molar-refractivity contribution < 1.29 is 23.8 Å². The molecule has 39 heavy (non-hydrogen) atoms. The number of fused-ring (bicyclic) bond motifs is 2. The lowest BCUT2D eigenvalue weighted by atomic mass is 10.1. The molecule has 3 aromatic carbocycles. The molecule has 1 aliphatic rings. The van der Waals surface area contributed by atoms with Crippen LogP contribution in [0.5, 0.6) is 17.4 Å². The van der Waals surface area contributed by atoms with Gasteiger partial charge in [0.05, 0.1) is 12.1 Å². The van der Waals surface area contributed by atoms with E-state index in [9.17, 15) is 9.59 Å². The van der Waals surface area contributed by atoms with E-state index in [2.05, 4.69) is 20.9 Å². The number of hydrogen-bond donors (Lipinski definition) is 3. The highest BCUT2D eigenvalue weighted by molar-refractivity contribution is 6.08. The third-order valence-corrected chi connectivity index (χ3v) is 6.29. The van der Waals surface area contributed by atoms with Crippen molar-refractivity contribution in [2.75, 3.05) is 44.0 Å². The van der Waals surface area contributed by atoms with Crippen molar-refractivity contribution in [3.8, 4) is 17.4 Å². The maximum absolute atomic E-state index is 13.1. The lowest BCUT2D eigenvalue weighted by molar-refractivity contribution is 0.101. The van der Waals surface area contributed by atoms with Gasteiger partial charge in [-0.15, -0.1) is 0 Å². The quantitative estimate of drug-likeness (QED) is 0.269. The fourth-order valence-electron chi connectivity index (χ4n) is 4.17. The second-order valence-corrected chi connectivity index (χ2v) is 9.16. The standard InChI is InChI=1S/C30H30N4O5/c1-19-4-8-23(32-29(35)22-6-10-26-27(17-22)38-15-14-37-26)18-25(19)34-30(36)21-5-9-24-20(16-21)7-11-28(33-24)39-13-3-12-31-2/h4-11,16-18,31H,3,12-15H2,1-2H3,(H,32,35)(H,34,36). The minimum Gasteiger partial charge on any atom is -0.486 e. The Kier molecular flexibility index (Phi) is 7.88. The van der Waals surface area contributed by atoms with E-state index in [4.69, 9.17) is 14.2 Å². The molecule has 5 rings (SSSR count). The molecule has 0 saturated carbocycles. The number of aromatic nitrogens is 1. The van der Waals surface area contributed by atoms with Gasteiger partial charge in [-0.3, -0.25) is 9.59 Å². The zero-order valence-electron chi connectivity index (χ0n) is 21.9. The van der Waals surface area contributed by atoms with E-state index in [1.807, 2.05) is 32.2 Å². The molecule has 0 fully saturated rings. The van der Waals surface area contributed by atoms with Crippen LogP contribution in [-0.4, -0.2) is 50.2 Å². The molecule has 9 heteroatoms. The summed E-state index contributed by atoms with van der Waals surface area (Å²) in [4.78, 5) is 30.5. The third kappa shape index (κ3) is 6.27. The van der Waals surface area contributed by atoms with Crippen molar-refractivity contribution >= 4 is 34.1 Å². The van der Waals surface area contributed by atoms with E-state index in [1.165, 1.54) is 0 Å². The summed E-state index contributed by atoms with van der Waals surface area (Å²) in [6, 6.07) is 19.5. The molecule has 1 aromatic heterocycles. The lowest BCUT2D eigenvalue weighted by Crippen LogP contribution is -2.17. The van der Waals surface area contributed by atoms with Gasteiger partial charge in [0, 0.05) is 34.0 Å². The summed E-state index contributed by atoms with van der Waals surface area (Å²) in [5.41, 5.74) is 3.71. The number of nitrogens with zero attached hydrogens (tertiary/aromatic N) is 1. The number of carbonyl (C=O) groups excluding carboxylic acids is 2. The molecule has 0 bridgehead atoms. The molecule has 200 valence electrons. The van der Waals surface area contributed by atoms with Gasteiger partial charge in [0.15, 0.2) is 11.5 Å². The van der Waals surface area contributed by atoms with Crippen LogP contribution in [0.25, 0.3) is 10.9 Å². The zero-order chi connectivity index (χ0) is 27.2. The van der Waals surface area contributed by atoms with Crippen molar-refractivity contribution in [1.82, 2.24) is 10.3 Å². The van der Waals surface area contributed by atoms with E-state index in [0.717, 1.165) is 29.4 Å². The number of carbonyl (C=O) groups is 2. The highest BCUT2D eigenvalue weighted by atomic mass is 16.6. The summed E-state index contributed by atoms with van der Waals surface area (Å²) in [7, 11) is 1.90. The Morgan fingerprint density at radius 1 is 0.872 bits per heavy atom. The molecule has 0 radical (unpaired) electrons. The van der Waals surface area contributed by atoms with Gasteiger partial charge in [0.25, 0.3) is 11.8 Å². The first kappa shape index (κ1) is 26.0. The minimum absolute atomic E-state index is 0.261. The molecule has 0 aliphatic carbocycles. The van der Waals surface area contributed by atoms with Crippen molar-refractivity contribution in [3.63, 3.8) is 0 Å². The van der Waals surface area contributed by atoms with Gasteiger partial charge in [0.1, 0.15) is 13.2 Å². The summed E-state index contributed by atoms with van der Waals surface area (Å²) in [6.07, 6.45) is 0.887. The number of rotatable bonds is 9. The van der Waals surface area contributed by atoms with Crippen LogP contribution < -0.4 is 30.2 Å². The summed E-state index contributed by atoms with van der Waals surface area (Å²) in [5.74, 6) is 1.17. The zero-order valence-corrected chi connectivity index (χ0v) is 21.9. The summed E-state index contributed by atoms with van der Waals surface area (Å²) < 4.78 is 16.8. The predicted octanol–water partition coefficient (Wildman–Crippen LogP) is 4.81. The molecule has 3 N–H and O–H groups in total. The van der Waals surface area contributed by atoms with Crippen LogP contribution in [0.4, 0.5) is 11.4 Å². The molecule has 1 aliphatic heterocycles.